The summed E-state index contributed by atoms with van der Waals surface area (Å²) in [6.07, 6.45) is 1.85. The van der Waals surface area contributed by atoms with Crippen molar-refractivity contribution in [1.82, 2.24) is 4.98 Å². The molecule has 0 fully saturated rings. The van der Waals surface area contributed by atoms with E-state index in [4.69, 9.17) is 4.98 Å². The molecular formula is C17H19NO2. The first-order chi connectivity index (χ1) is 9.49. The van der Waals surface area contributed by atoms with Gasteiger partial charge in [-0.25, -0.2) is 4.79 Å². The third-order valence-corrected chi connectivity index (χ3v) is 4.62. The van der Waals surface area contributed by atoms with Gasteiger partial charge in [0.25, 0.3) is 0 Å². The zero-order valence-electron chi connectivity index (χ0n) is 12.1. The largest absolute Gasteiger partial charge is 0.478 e. The van der Waals surface area contributed by atoms with Gasteiger partial charge in [-0.3, -0.25) is 4.98 Å². The summed E-state index contributed by atoms with van der Waals surface area (Å²) >= 11 is 0. The minimum absolute atomic E-state index is 0.322. The maximum atomic E-state index is 11.8. The molecule has 1 aliphatic rings. The summed E-state index contributed by atoms with van der Waals surface area (Å²) in [5, 5.41) is 10.4. The number of carboxylic acids is 1. The van der Waals surface area contributed by atoms with Crippen LogP contribution in [0.5, 0.6) is 0 Å². The highest BCUT2D eigenvalue weighted by Crippen LogP contribution is 2.38. The number of rotatable bonds is 1. The molecule has 1 aromatic carbocycles. The number of aromatic nitrogens is 1. The summed E-state index contributed by atoms with van der Waals surface area (Å²) in [7, 11) is 0. The number of fused-ring (bicyclic) bond motifs is 2. The van der Waals surface area contributed by atoms with Gasteiger partial charge < -0.3 is 5.11 Å². The van der Waals surface area contributed by atoms with Crippen LogP contribution >= 0.6 is 0 Å². The fourth-order valence-electron chi connectivity index (χ4n) is 3.20. The highest BCUT2D eigenvalue weighted by Gasteiger charge is 2.29. The van der Waals surface area contributed by atoms with E-state index < -0.39 is 5.97 Å². The van der Waals surface area contributed by atoms with E-state index >= 15 is 0 Å². The molecular weight excluding hydrogens is 250 g/mol. The van der Waals surface area contributed by atoms with E-state index in [1.807, 2.05) is 25.1 Å². The lowest BCUT2D eigenvalue weighted by molar-refractivity contribution is 0.0697. The Hall–Kier alpha value is -1.90. The number of aryl methyl sites for hydroxylation is 1. The monoisotopic (exact) mass is 269 g/mol. The van der Waals surface area contributed by atoms with E-state index in [1.54, 1.807) is 0 Å². The summed E-state index contributed by atoms with van der Waals surface area (Å²) in [4.78, 5) is 16.5. The molecule has 2 unspecified atom stereocenters. The van der Waals surface area contributed by atoms with E-state index in [2.05, 4.69) is 13.8 Å². The van der Waals surface area contributed by atoms with Gasteiger partial charge in [0.15, 0.2) is 0 Å². The molecule has 3 rings (SSSR count). The highest BCUT2D eigenvalue weighted by atomic mass is 16.4. The van der Waals surface area contributed by atoms with Crippen molar-refractivity contribution in [2.24, 2.45) is 5.92 Å². The standard InChI is InChI=1S/C17H19NO2/c1-9-4-7-14-13(8-9)15(17(19)20)12-6-5-10(2)11(3)16(12)18-14/h4,7-8,10-11H,5-6H2,1-3H3,(H,19,20). The molecule has 3 nitrogen and oxygen atoms in total. The van der Waals surface area contributed by atoms with Crippen LogP contribution in [0, 0.1) is 12.8 Å². The first-order valence-corrected chi connectivity index (χ1v) is 7.15. The third-order valence-electron chi connectivity index (χ3n) is 4.62. The van der Waals surface area contributed by atoms with Gasteiger partial charge in [0, 0.05) is 17.0 Å². The summed E-state index contributed by atoms with van der Waals surface area (Å²) in [5.41, 5.74) is 4.26. The van der Waals surface area contributed by atoms with Crippen LogP contribution in [0.1, 0.15) is 53.4 Å². The van der Waals surface area contributed by atoms with Gasteiger partial charge in [0.1, 0.15) is 0 Å². The Labute approximate surface area is 118 Å². The second-order valence-electron chi connectivity index (χ2n) is 5.98. The van der Waals surface area contributed by atoms with Crippen molar-refractivity contribution >= 4 is 16.9 Å². The second-order valence-corrected chi connectivity index (χ2v) is 5.98. The number of nitrogens with zero attached hydrogens (tertiary/aromatic N) is 1. The molecule has 0 bridgehead atoms. The minimum Gasteiger partial charge on any atom is -0.478 e. The molecule has 3 heteroatoms. The van der Waals surface area contributed by atoms with Gasteiger partial charge in [0.2, 0.25) is 0 Å². The predicted molar refractivity (Wildman–Crippen MR) is 79.3 cm³/mol. The van der Waals surface area contributed by atoms with Gasteiger partial charge >= 0.3 is 5.97 Å². The Bertz CT molecular complexity index is 706. The Balaban J connectivity index is 2.39. The molecule has 0 spiro atoms. The van der Waals surface area contributed by atoms with E-state index in [0.717, 1.165) is 40.6 Å². The van der Waals surface area contributed by atoms with E-state index in [-0.39, 0.29) is 0 Å². The SMILES string of the molecule is Cc1ccc2nc3c(c(C(=O)O)c2c1)CCC(C)C3C. The van der Waals surface area contributed by atoms with Crippen molar-refractivity contribution in [2.75, 3.05) is 0 Å². The molecule has 1 aliphatic carbocycles. The second kappa shape index (κ2) is 4.58. The molecule has 1 aromatic heterocycles. The molecule has 0 radical (unpaired) electrons. The number of carbonyl (C=O) groups is 1. The van der Waals surface area contributed by atoms with Gasteiger partial charge in [-0.1, -0.05) is 25.5 Å². The van der Waals surface area contributed by atoms with Crippen molar-refractivity contribution in [3.8, 4) is 0 Å². The Kier molecular flexibility index (Phi) is 3.00. The number of hydrogen-bond acceptors (Lipinski definition) is 2. The van der Waals surface area contributed by atoms with Crippen LogP contribution < -0.4 is 0 Å². The molecule has 2 atom stereocenters. The molecule has 0 aliphatic heterocycles. The first kappa shape index (κ1) is 13.1. The molecule has 0 amide bonds. The molecule has 0 saturated heterocycles. The number of benzene rings is 1. The Morgan fingerprint density at radius 1 is 1.35 bits per heavy atom. The van der Waals surface area contributed by atoms with Gasteiger partial charge in [0.05, 0.1) is 11.1 Å². The van der Waals surface area contributed by atoms with Crippen molar-refractivity contribution < 1.29 is 9.90 Å². The molecule has 1 heterocycles. The van der Waals surface area contributed by atoms with Crippen LogP contribution in [0.25, 0.3) is 10.9 Å². The maximum absolute atomic E-state index is 11.8. The number of aromatic carboxylic acids is 1. The smallest absolute Gasteiger partial charge is 0.336 e. The fraction of sp³-hybridized carbons (Fsp3) is 0.412. The van der Waals surface area contributed by atoms with Crippen LogP contribution in [-0.4, -0.2) is 16.1 Å². The van der Waals surface area contributed by atoms with Crippen molar-refractivity contribution in [2.45, 2.75) is 39.5 Å². The molecule has 104 valence electrons. The highest BCUT2D eigenvalue weighted by molar-refractivity contribution is 6.04. The van der Waals surface area contributed by atoms with Crippen LogP contribution in [0.3, 0.4) is 0 Å². The third kappa shape index (κ3) is 1.89. The van der Waals surface area contributed by atoms with Gasteiger partial charge in [-0.15, -0.1) is 0 Å². The summed E-state index contributed by atoms with van der Waals surface area (Å²) in [6, 6.07) is 5.86. The van der Waals surface area contributed by atoms with Crippen LogP contribution in [-0.2, 0) is 6.42 Å². The zero-order chi connectivity index (χ0) is 14.4. The zero-order valence-corrected chi connectivity index (χ0v) is 12.1. The van der Waals surface area contributed by atoms with Gasteiger partial charge in [-0.05, 0) is 43.4 Å². The summed E-state index contributed by atoms with van der Waals surface area (Å²) < 4.78 is 0. The van der Waals surface area contributed by atoms with Gasteiger partial charge in [-0.2, -0.15) is 0 Å². The Morgan fingerprint density at radius 3 is 2.80 bits per heavy atom. The van der Waals surface area contributed by atoms with Crippen molar-refractivity contribution in [3.63, 3.8) is 0 Å². The lowest BCUT2D eigenvalue weighted by Crippen LogP contribution is -2.21. The Morgan fingerprint density at radius 2 is 2.10 bits per heavy atom. The average Bonchev–Trinajstić information content (AvgIpc) is 2.40. The normalized spacial score (nSPS) is 21.8. The lowest BCUT2D eigenvalue weighted by Gasteiger charge is -2.29. The maximum Gasteiger partial charge on any atom is 0.336 e. The molecule has 20 heavy (non-hydrogen) atoms. The van der Waals surface area contributed by atoms with E-state index in [1.165, 1.54) is 0 Å². The van der Waals surface area contributed by atoms with E-state index in [0.29, 0.717) is 17.4 Å². The predicted octanol–water partition coefficient (Wildman–Crippen LogP) is 3.93. The number of pyridine rings is 1. The minimum atomic E-state index is -0.832. The topological polar surface area (TPSA) is 50.2 Å². The number of hydrogen-bond donors (Lipinski definition) is 1. The molecule has 0 saturated carbocycles. The van der Waals surface area contributed by atoms with Crippen LogP contribution in [0.2, 0.25) is 0 Å². The average molecular weight is 269 g/mol. The lowest BCUT2D eigenvalue weighted by atomic mass is 9.77. The first-order valence-electron chi connectivity index (χ1n) is 7.15. The van der Waals surface area contributed by atoms with E-state index in [9.17, 15) is 9.90 Å². The van der Waals surface area contributed by atoms with Crippen LogP contribution in [0.4, 0.5) is 0 Å². The van der Waals surface area contributed by atoms with Crippen LogP contribution in [0.15, 0.2) is 18.2 Å². The number of carboxylic acid groups (broad SMARTS) is 1. The summed E-state index contributed by atoms with van der Waals surface area (Å²) in [6.45, 7) is 6.35. The van der Waals surface area contributed by atoms with Crippen molar-refractivity contribution in [3.05, 3.63) is 40.6 Å². The van der Waals surface area contributed by atoms with Crippen molar-refractivity contribution in [1.29, 1.82) is 0 Å². The molecule has 1 N–H and O–H groups in total. The fourth-order valence-corrected chi connectivity index (χ4v) is 3.20. The quantitative estimate of drug-likeness (QED) is 0.853. The summed E-state index contributed by atoms with van der Waals surface area (Å²) in [5.74, 6) is 0.0445. The molecule has 2 aromatic rings.